The van der Waals surface area contributed by atoms with E-state index in [-0.39, 0.29) is 11.4 Å². The minimum absolute atomic E-state index is 0.0534. The average molecular weight is 532 g/mol. The Kier molecular flexibility index (Phi) is 7.34. The first-order valence-corrected chi connectivity index (χ1v) is 12.8. The molecule has 2 aromatic carbocycles. The van der Waals surface area contributed by atoms with E-state index >= 15 is 0 Å². The lowest BCUT2D eigenvalue weighted by Gasteiger charge is -2.20. The molecule has 0 fully saturated rings. The molecule has 1 amide bonds. The van der Waals surface area contributed by atoms with Crippen molar-refractivity contribution in [2.45, 2.75) is 13.3 Å². The Morgan fingerprint density at radius 3 is 2.65 bits per heavy atom. The summed E-state index contributed by atoms with van der Waals surface area (Å²) >= 11 is 7.66. The number of halogens is 1. The SMILES string of the molecule is CCc1ccccc1OCCOc1ccc(C=C2C(=N)N3N=C(c4cccnc4)SC3=NC2=O)cc1Cl. The van der Waals surface area contributed by atoms with Gasteiger partial charge in [-0.2, -0.15) is 15.1 Å². The highest BCUT2D eigenvalue weighted by Gasteiger charge is 2.36. The summed E-state index contributed by atoms with van der Waals surface area (Å²) in [5.74, 6) is 0.790. The van der Waals surface area contributed by atoms with Crippen LogP contribution < -0.4 is 9.47 Å². The summed E-state index contributed by atoms with van der Waals surface area (Å²) in [6, 6.07) is 16.8. The van der Waals surface area contributed by atoms with Crippen LogP contribution in [0.2, 0.25) is 5.02 Å². The molecule has 1 N–H and O–H groups in total. The lowest BCUT2D eigenvalue weighted by molar-refractivity contribution is -0.114. The van der Waals surface area contributed by atoms with E-state index in [4.69, 9.17) is 26.5 Å². The van der Waals surface area contributed by atoms with E-state index in [1.54, 1.807) is 42.7 Å². The van der Waals surface area contributed by atoms with Crippen molar-refractivity contribution in [1.82, 2.24) is 9.99 Å². The number of amidine groups is 2. The van der Waals surface area contributed by atoms with Gasteiger partial charge in [-0.3, -0.25) is 15.2 Å². The van der Waals surface area contributed by atoms with Crippen LogP contribution in [0.4, 0.5) is 0 Å². The molecule has 8 nitrogen and oxygen atoms in total. The number of hydrogen-bond acceptors (Lipinski definition) is 7. The molecule has 0 unspecified atom stereocenters. The van der Waals surface area contributed by atoms with Gasteiger partial charge in [-0.15, -0.1) is 0 Å². The number of aromatic nitrogens is 1. The maximum Gasteiger partial charge on any atom is 0.283 e. The van der Waals surface area contributed by atoms with Gasteiger partial charge in [0.25, 0.3) is 5.91 Å². The Balaban J connectivity index is 1.25. The lowest BCUT2D eigenvalue weighted by atomic mass is 10.1. The molecule has 0 spiro atoms. The molecule has 0 aliphatic carbocycles. The van der Waals surface area contributed by atoms with Crippen LogP contribution in [-0.2, 0) is 11.2 Å². The molecule has 3 aromatic rings. The van der Waals surface area contributed by atoms with E-state index in [2.05, 4.69) is 22.0 Å². The molecule has 2 aliphatic heterocycles. The summed E-state index contributed by atoms with van der Waals surface area (Å²) in [6.45, 7) is 2.78. The summed E-state index contributed by atoms with van der Waals surface area (Å²) in [7, 11) is 0. The van der Waals surface area contributed by atoms with Gasteiger partial charge in [-0.25, -0.2) is 0 Å². The van der Waals surface area contributed by atoms with E-state index in [1.807, 2.05) is 30.3 Å². The second kappa shape index (κ2) is 11.0. The van der Waals surface area contributed by atoms with E-state index in [0.717, 1.165) is 23.3 Å². The average Bonchev–Trinajstić information content (AvgIpc) is 3.35. The zero-order valence-electron chi connectivity index (χ0n) is 19.8. The Morgan fingerprint density at radius 2 is 1.89 bits per heavy atom. The monoisotopic (exact) mass is 531 g/mol. The lowest BCUT2D eigenvalue weighted by Crippen LogP contribution is -2.35. The predicted octanol–water partition coefficient (Wildman–Crippen LogP) is 5.42. The quantitative estimate of drug-likeness (QED) is 0.307. The largest absolute Gasteiger partial charge is 0.490 e. The Morgan fingerprint density at radius 1 is 1.08 bits per heavy atom. The topological polar surface area (TPSA) is 100 Å². The molecule has 186 valence electrons. The summed E-state index contributed by atoms with van der Waals surface area (Å²) in [5, 5.41) is 15.7. The molecule has 0 saturated carbocycles. The minimum atomic E-state index is -0.507. The number of hydrogen-bond donors (Lipinski definition) is 1. The number of ether oxygens (including phenoxy) is 2. The highest BCUT2D eigenvalue weighted by atomic mass is 35.5. The van der Waals surface area contributed by atoms with Gasteiger partial charge in [0.2, 0.25) is 5.17 Å². The summed E-state index contributed by atoms with van der Waals surface area (Å²) in [4.78, 5) is 20.9. The summed E-state index contributed by atoms with van der Waals surface area (Å²) < 4.78 is 11.6. The van der Waals surface area contributed by atoms with Crippen molar-refractivity contribution in [3.05, 3.63) is 94.3 Å². The standard InChI is InChI=1S/C27H22ClN5O3S/c1-2-18-6-3-4-8-22(18)35-12-13-36-23-10-9-17(15-21(23)28)14-20-24(29)33-27(31-25(20)34)37-26(32-33)19-7-5-11-30-16-19/h3-11,14-16,29H,2,12-13H2,1H3. The van der Waals surface area contributed by atoms with Gasteiger partial charge in [0, 0.05) is 18.0 Å². The number of pyridine rings is 1. The molecule has 5 rings (SSSR count). The van der Waals surface area contributed by atoms with Gasteiger partial charge in [-0.05, 0) is 65.7 Å². The molecule has 37 heavy (non-hydrogen) atoms. The van der Waals surface area contributed by atoms with Crippen molar-refractivity contribution in [2.24, 2.45) is 10.1 Å². The van der Waals surface area contributed by atoms with Gasteiger partial charge in [0.15, 0.2) is 5.84 Å². The third-order valence-electron chi connectivity index (χ3n) is 5.58. The molecule has 2 aliphatic rings. The number of carbonyl (C=O) groups is 1. The Labute approximate surface area is 223 Å². The fourth-order valence-electron chi connectivity index (χ4n) is 3.73. The third-order valence-corrected chi connectivity index (χ3v) is 6.83. The van der Waals surface area contributed by atoms with Crippen LogP contribution in [0.1, 0.15) is 23.6 Å². The summed E-state index contributed by atoms with van der Waals surface area (Å²) in [5.41, 5.74) is 2.69. The normalized spacial score (nSPS) is 15.9. The first-order valence-electron chi connectivity index (χ1n) is 11.6. The molecule has 0 saturated heterocycles. The number of amides is 1. The van der Waals surface area contributed by atoms with Gasteiger partial charge in [0.05, 0.1) is 10.6 Å². The van der Waals surface area contributed by atoms with E-state index < -0.39 is 5.91 Å². The molecule has 0 atom stereocenters. The van der Waals surface area contributed by atoms with E-state index in [1.165, 1.54) is 16.8 Å². The number of aryl methyl sites for hydroxylation is 1. The second-order valence-corrected chi connectivity index (χ2v) is 9.38. The molecular weight excluding hydrogens is 510 g/mol. The highest BCUT2D eigenvalue weighted by molar-refractivity contribution is 8.27. The number of hydrazone groups is 1. The van der Waals surface area contributed by atoms with Crippen LogP contribution in [0.25, 0.3) is 6.08 Å². The van der Waals surface area contributed by atoms with E-state index in [9.17, 15) is 4.79 Å². The van der Waals surface area contributed by atoms with Crippen molar-refractivity contribution in [3.8, 4) is 11.5 Å². The first-order chi connectivity index (χ1) is 18.0. The smallest absolute Gasteiger partial charge is 0.283 e. The molecule has 0 radical (unpaired) electrons. The van der Waals surface area contributed by atoms with Crippen LogP contribution in [-0.4, -0.2) is 45.2 Å². The maximum atomic E-state index is 12.7. The van der Waals surface area contributed by atoms with Crippen molar-refractivity contribution < 1.29 is 14.3 Å². The molecular formula is C27H22ClN5O3S. The van der Waals surface area contributed by atoms with Gasteiger partial charge in [-0.1, -0.05) is 42.8 Å². The molecule has 3 heterocycles. The number of nitrogens with zero attached hydrogens (tertiary/aromatic N) is 4. The number of para-hydroxylation sites is 1. The molecule has 10 heteroatoms. The molecule has 0 bridgehead atoms. The number of benzene rings is 2. The van der Waals surface area contributed by atoms with Crippen molar-refractivity contribution >= 4 is 51.4 Å². The Hall–Kier alpha value is -3.95. The van der Waals surface area contributed by atoms with Gasteiger partial charge >= 0.3 is 0 Å². The van der Waals surface area contributed by atoms with E-state index in [0.29, 0.717) is 39.8 Å². The third kappa shape index (κ3) is 5.42. The number of carbonyl (C=O) groups excluding carboxylic acids is 1. The van der Waals surface area contributed by atoms with Crippen LogP contribution in [0.15, 0.2) is 82.7 Å². The molecule has 1 aromatic heterocycles. The number of rotatable bonds is 8. The fraction of sp³-hybridized carbons (Fsp3) is 0.148. The number of nitrogens with one attached hydrogen (secondary N) is 1. The van der Waals surface area contributed by atoms with Crippen molar-refractivity contribution in [2.75, 3.05) is 13.2 Å². The number of fused-ring (bicyclic) bond motifs is 1. The number of thioether (sulfide) groups is 1. The summed E-state index contributed by atoms with van der Waals surface area (Å²) in [6.07, 6.45) is 5.81. The second-order valence-electron chi connectivity index (χ2n) is 8.01. The highest BCUT2D eigenvalue weighted by Crippen LogP contribution is 2.32. The van der Waals surface area contributed by atoms with Gasteiger partial charge in [0.1, 0.15) is 29.8 Å². The van der Waals surface area contributed by atoms with Crippen LogP contribution >= 0.6 is 23.4 Å². The van der Waals surface area contributed by atoms with Gasteiger partial charge < -0.3 is 9.47 Å². The minimum Gasteiger partial charge on any atom is -0.490 e. The van der Waals surface area contributed by atoms with Crippen LogP contribution in [0, 0.1) is 5.41 Å². The predicted molar refractivity (Wildman–Crippen MR) is 147 cm³/mol. The van der Waals surface area contributed by atoms with Crippen LogP contribution in [0.3, 0.4) is 0 Å². The first kappa shape index (κ1) is 24.7. The Bertz CT molecular complexity index is 1460. The van der Waals surface area contributed by atoms with Crippen LogP contribution in [0.5, 0.6) is 11.5 Å². The van der Waals surface area contributed by atoms with Crippen molar-refractivity contribution in [1.29, 1.82) is 5.41 Å². The fourth-order valence-corrected chi connectivity index (χ4v) is 4.85. The van der Waals surface area contributed by atoms with Crippen molar-refractivity contribution in [3.63, 3.8) is 0 Å². The number of aliphatic imine (C=N–C) groups is 1. The maximum absolute atomic E-state index is 12.7. The zero-order chi connectivity index (χ0) is 25.8. The zero-order valence-corrected chi connectivity index (χ0v) is 21.4.